The van der Waals surface area contributed by atoms with Crippen molar-refractivity contribution in [1.82, 2.24) is 14.7 Å². The molecule has 0 aromatic heterocycles. The predicted octanol–water partition coefficient (Wildman–Crippen LogP) is 2.80. The number of benzene rings is 2. The zero-order valence-corrected chi connectivity index (χ0v) is 16.3. The van der Waals surface area contributed by atoms with Crippen molar-refractivity contribution in [3.63, 3.8) is 0 Å². The maximum absolute atomic E-state index is 13.1. The van der Waals surface area contributed by atoms with E-state index < -0.39 is 0 Å². The first kappa shape index (κ1) is 20.0. The highest BCUT2D eigenvalue weighted by Gasteiger charge is 2.25. The Hall–Kier alpha value is -2.73. The summed E-state index contributed by atoms with van der Waals surface area (Å²) in [6.07, 6.45) is 0. The van der Waals surface area contributed by atoms with Crippen LogP contribution in [0.5, 0.6) is 0 Å². The first-order valence-corrected chi connectivity index (χ1v) is 9.53. The number of likely N-dealkylation sites (N-methyl/N-ethyl adjacent to an activating group) is 1. The van der Waals surface area contributed by atoms with Crippen LogP contribution in [0.2, 0.25) is 0 Å². The second kappa shape index (κ2) is 8.97. The Labute approximate surface area is 165 Å². The lowest BCUT2D eigenvalue weighted by Gasteiger charge is -2.35. The molecule has 2 aromatic rings. The lowest BCUT2D eigenvalue weighted by molar-refractivity contribution is -0.133. The van der Waals surface area contributed by atoms with Crippen LogP contribution in [0.3, 0.4) is 0 Å². The highest BCUT2D eigenvalue weighted by Crippen LogP contribution is 2.19. The number of nitrogens with zero attached hydrogens (tertiary/aromatic N) is 3. The van der Waals surface area contributed by atoms with Gasteiger partial charge in [0, 0.05) is 38.8 Å². The third-order valence-electron chi connectivity index (χ3n) is 5.37. The molecule has 1 fully saturated rings. The Bertz CT molecular complexity index is 802. The van der Waals surface area contributed by atoms with Gasteiger partial charge in [-0.05, 0) is 36.8 Å². The molecular weight excluding hydrogens is 357 g/mol. The first-order valence-electron chi connectivity index (χ1n) is 9.53. The number of hydrogen-bond acceptors (Lipinski definition) is 3. The van der Waals surface area contributed by atoms with Crippen LogP contribution < -0.4 is 0 Å². The molecular formula is C22H26FN3O2. The molecule has 1 heterocycles. The molecule has 0 radical (unpaired) electrons. The minimum absolute atomic E-state index is 0.0136. The van der Waals surface area contributed by atoms with Gasteiger partial charge in [-0.1, -0.05) is 30.3 Å². The van der Waals surface area contributed by atoms with E-state index in [1.54, 1.807) is 24.1 Å². The predicted molar refractivity (Wildman–Crippen MR) is 106 cm³/mol. The van der Waals surface area contributed by atoms with Crippen LogP contribution in [0.15, 0.2) is 54.6 Å². The topological polar surface area (TPSA) is 43.9 Å². The SMILES string of the molecule is CC(c1ccc(F)cc1)N(C)C(=O)CN1CCN(C(=O)c2ccccc2)CC1. The van der Waals surface area contributed by atoms with Gasteiger partial charge in [0.15, 0.2) is 0 Å². The van der Waals surface area contributed by atoms with E-state index in [2.05, 4.69) is 4.90 Å². The van der Waals surface area contributed by atoms with Crippen LogP contribution in [0.4, 0.5) is 4.39 Å². The van der Waals surface area contributed by atoms with E-state index >= 15 is 0 Å². The maximum Gasteiger partial charge on any atom is 0.253 e. The Morgan fingerprint density at radius 3 is 2.21 bits per heavy atom. The van der Waals surface area contributed by atoms with Gasteiger partial charge in [0.05, 0.1) is 12.6 Å². The molecule has 0 N–H and O–H groups in total. The second-order valence-electron chi connectivity index (χ2n) is 7.17. The largest absolute Gasteiger partial charge is 0.338 e. The average Bonchev–Trinajstić information content (AvgIpc) is 2.74. The summed E-state index contributed by atoms with van der Waals surface area (Å²) in [7, 11) is 1.77. The molecule has 1 aliphatic rings. The number of amides is 2. The molecule has 0 spiro atoms. The van der Waals surface area contributed by atoms with Crippen molar-refractivity contribution in [2.45, 2.75) is 13.0 Å². The van der Waals surface area contributed by atoms with Gasteiger partial charge in [0.25, 0.3) is 5.91 Å². The fourth-order valence-electron chi connectivity index (χ4n) is 3.36. The summed E-state index contributed by atoms with van der Waals surface area (Å²) < 4.78 is 13.1. The van der Waals surface area contributed by atoms with Gasteiger partial charge in [0.2, 0.25) is 5.91 Å². The van der Waals surface area contributed by atoms with Crippen LogP contribution in [-0.4, -0.2) is 66.3 Å². The van der Waals surface area contributed by atoms with E-state index in [9.17, 15) is 14.0 Å². The minimum Gasteiger partial charge on any atom is -0.338 e. The second-order valence-corrected chi connectivity index (χ2v) is 7.17. The van der Waals surface area contributed by atoms with Crippen LogP contribution in [0.1, 0.15) is 28.9 Å². The number of hydrogen-bond donors (Lipinski definition) is 0. The molecule has 1 atom stereocenters. The molecule has 1 saturated heterocycles. The summed E-state index contributed by atoms with van der Waals surface area (Å²) in [5.41, 5.74) is 1.59. The van der Waals surface area contributed by atoms with Crippen molar-refractivity contribution < 1.29 is 14.0 Å². The molecule has 2 aromatic carbocycles. The summed E-state index contributed by atoms with van der Waals surface area (Å²) >= 11 is 0. The zero-order valence-electron chi connectivity index (χ0n) is 16.3. The fourth-order valence-corrected chi connectivity index (χ4v) is 3.36. The van der Waals surface area contributed by atoms with Crippen molar-refractivity contribution in [2.75, 3.05) is 39.8 Å². The molecule has 0 aliphatic carbocycles. The molecule has 1 aliphatic heterocycles. The number of piperazine rings is 1. The van der Waals surface area contributed by atoms with E-state index in [0.717, 1.165) is 5.56 Å². The van der Waals surface area contributed by atoms with Crippen LogP contribution in [-0.2, 0) is 4.79 Å². The Morgan fingerprint density at radius 1 is 1.00 bits per heavy atom. The van der Waals surface area contributed by atoms with Crippen molar-refractivity contribution in [1.29, 1.82) is 0 Å². The van der Waals surface area contributed by atoms with Gasteiger partial charge in [0.1, 0.15) is 5.82 Å². The van der Waals surface area contributed by atoms with Crippen LogP contribution in [0.25, 0.3) is 0 Å². The smallest absolute Gasteiger partial charge is 0.253 e. The van der Waals surface area contributed by atoms with E-state index in [1.165, 1.54) is 12.1 Å². The summed E-state index contributed by atoms with van der Waals surface area (Å²) in [5, 5.41) is 0. The molecule has 28 heavy (non-hydrogen) atoms. The van der Waals surface area contributed by atoms with Gasteiger partial charge in [-0.25, -0.2) is 4.39 Å². The summed E-state index contributed by atoms with van der Waals surface area (Å²) in [6, 6.07) is 15.4. The summed E-state index contributed by atoms with van der Waals surface area (Å²) in [6.45, 7) is 4.81. The van der Waals surface area contributed by atoms with Crippen LogP contribution in [0, 0.1) is 5.82 Å². The van der Waals surface area contributed by atoms with Crippen molar-refractivity contribution in [3.8, 4) is 0 Å². The standard InChI is InChI=1S/C22H26FN3O2/c1-17(18-8-10-20(23)11-9-18)24(2)21(27)16-25-12-14-26(15-13-25)22(28)19-6-4-3-5-7-19/h3-11,17H,12-16H2,1-2H3. The Morgan fingerprint density at radius 2 is 1.61 bits per heavy atom. The number of carbonyl (C=O) groups excluding carboxylic acids is 2. The van der Waals surface area contributed by atoms with Crippen molar-refractivity contribution >= 4 is 11.8 Å². The normalized spacial score (nSPS) is 15.9. The van der Waals surface area contributed by atoms with Gasteiger partial charge in [-0.2, -0.15) is 0 Å². The zero-order chi connectivity index (χ0) is 20.1. The molecule has 6 heteroatoms. The van der Waals surface area contributed by atoms with Gasteiger partial charge >= 0.3 is 0 Å². The summed E-state index contributed by atoms with van der Waals surface area (Å²) in [4.78, 5) is 30.8. The Kier molecular flexibility index (Phi) is 6.41. The molecule has 148 valence electrons. The number of rotatable bonds is 5. The lowest BCUT2D eigenvalue weighted by Crippen LogP contribution is -2.51. The molecule has 0 bridgehead atoms. The number of carbonyl (C=O) groups is 2. The quantitative estimate of drug-likeness (QED) is 0.798. The average molecular weight is 383 g/mol. The van der Waals surface area contributed by atoms with Gasteiger partial charge in [-0.3, -0.25) is 14.5 Å². The molecule has 5 nitrogen and oxygen atoms in total. The van der Waals surface area contributed by atoms with E-state index in [0.29, 0.717) is 38.3 Å². The molecule has 3 rings (SSSR count). The Balaban J connectivity index is 1.50. The van der Waals surface area contributed by atoms with E-state index in [1.807, 2.05) is 42.2 Å². The highest BCUT2D eigenvalue weighted by atomic mass is 19.1. The number of halogens is 1. The molecule has 2 amide bonds. The van der Waals surface area contributed by atoms with Crippen molar-refractivity contribution in [3.05, 3.63) is 71.5 Å². The van der Waals surface area contributed by atoms with Gasteiger partial charge < -0.3 is 9.80 Å². The molecule has 1 unspecified atom stereocenters. The van der Waals surface area contributed by atoms with Crippen molar-refractivity contribution in [2.24, 2.45) is 0 Å². The third kappa shape index (κ3) is 4.75. The summed E-state index contributed by atoms with van der Waals surface area (Å²) in [5.74, 6) is -0.235. The first-order chi connectivity index (χ1) is 13.5. The molecule has 0 saturated carbocycles. The third-order valence-corrected chi connectivity index (χ3v) is 5.37. The fraction of sp³-hybridized carbons (Fsp3) is 0.364. The van der Waals surface area contributed by atoms with E-state index in [4.69, 9.17) is 0 Å². The lowest BCUT2D eigenvalue weighted by atomic mass is 10.1. The van der Waals surface area contributed by atoms with Crippen LogP contribution >= 0.6 is 0 Å². The maximum atomic E-state index is 13.1. The monoisotopic (exact) mass is 383 g/mol. The minimum atomic E-state index is -0.284. The van der Waals surface area contributed by atoms with Gasteiger partial charge in [-0.15, -0.1) is 0 Å². The van der Waals surface area contributed by atoms with E-state index in [-0.39, 0.29) is 23.7 Å². The highest BCUT2D eigenvalue weighted by molar-refractivity contribution is 5.94.